The minimum absolute atomic E-state index is 0.338. The van der Waals surface area contributed by atoms with E-state index in [1.54, 1.807) is 55.9 Å². The van der Waals surface area contributed by atoms with E-state index in [1.807, 2.05) is 12.1 Å². The van der Waals surface area contributed by atoms with Crippen molar-refractivity contribution < 1.29 is 17.9 Å². The molecule has 4 aromatic rings. The molecule has 0 saturated heterocycles. The number of ether oxygens (including phenoxy) is 1. The van der Waals surface area contributed by atoms with Gasteiger partial charge in [0, 0.05) is 35.3 Å². The Kier molecular flexibility index (Phi) is 5.53. The summed E-state index contributed by atoms with van der Waals surface area (Å²) in [6.07, 6.45) is -1.24. The lowest BCUT2D eigenvalue weighted by atomic mass is 10.1. The quantitative estimate of drug-likeness (QED) is 0.429. The van der Waals surface area contributed by atoms with Crippen LogP contribution in [0.25, 0.3) is 22.6 Å². The maximum Gasteiger partial charge on any atom is 0.416 e. The van der Waals surface area contributed by atoms with Crippen molar-refractivity contribution in [2.24, 2.45) is 0 Å². The van der Waals surface area contributed by atoms with Crippen LogP contribution in [0.2, 0.25) is 0 Å². The summed E-state index contributed by atoms with van der Waals surface area (Å²) in [5.41, 5.74) is 1.41. The second-order valence-corrected chi connectivity index (χ2v) is 6.63. The fraction of sp³-hybridized carbons (Fsp3) is 0.0870. The topological polar surface area (TPSA) is 59.9 Å². The molecule has 2 aromatic carbocycles. The minimum Gasteiger partial charge on any atom is -0.497 e. The summed E-state index contributed by atoms with van der Waals surface area (Å²) in [6, 6.07) is 17.4. The highest BCUT2D eigenvalue weighted by Gasteiger charge is 2.30. The monoisotopic (exact) mass is 422 g/mol. The maximum absolute atomic E-state index is 13.2. The summed E-state index contributed by atoms with van der Waals surface area (Å²) in [4.78, 5) is 13.0. The number of rotatable bonds is 5. The predicted molar refractivity (Wildman–Crippen MR) is 112 cm³/mol. The van der Waals surface area contributed by atoms with Crippen LogP contribution in [0.1, 0.15) is 5.56 Å². The Balaban J connectivity index is 1.78. The van der Waals surface area contributed by atoms with Gasteiger partial charge in [-0.1, -0.05) is 12.1 Å². The van der Waals surface area contributed by atoms with Crippen molar-refractivity contribution in [2.75, 3.05) is 12.4 Å². The SMILES string of the molecule is COc1ccc(Nc2cc(-c3cccc(C(F)(F)F)c3)nc(-c3ccncc3)n2)cc1. The second-order valence-electron chi connectivity index (χ2n) is 6.63. The highest BCUT2D eigenvalue weighted by Crippen LogP contribution is 2.33. The van der Waals surface area contributed by atoms with E-state index in [0.717, 1.165) is 17.8 Å². The predicted octanol–water partition coefficient (Wildman–Crippen LogP) is 5.98. The third-order valence-electron chi connectivity index (χ3n) is 4.51. The lowest BCUT2D eigenvalue weighted by Gasteiger charge is -2.12. The molecule has 0 aliphatic rings. The van der Waals surface area contributed by atoms with Gasteiger partial charge in [0.25, 0.3) is 0 Å². The lowest BCUT2D eigenvalue weighted by molar-refractivity contribution is -0.137. The normalized spacial score (nSPS) is 11.2. The standard InChI is InChI=1S/C23H17F3N4O/c1-31-19-7-5-18(6-8-19)28-21-14-20(16-3-2-4-17(13-16)23(24,25)26)29-22(30-21)15-9-11-27-12-10-15/h2-14H,1H3,(H,28,29,30). The van der Waals surface area contributed by atoms with Gasteiger partial charge in [0.1, 0.15) is 11.6 Å². The number of methoxy groups -OCH3 is 1. The molecule has 0 bridgehead atoms. The molecule has 0 aliphatic carbocycles. The number of nitrogens with zero attached hydrogens (tertiary/aromatic N) is 3. The van der Waals surface area contributed by atoms with Gasteiger partial charge in [-0.3, -0.25) is 4.98 Å². The van der Waals surface area contributed by atoms with Crippen LogP contribution in [0, 0.1) is 0 Å². The maximum atomic E-state index is 13.2. The van der Waals surface area contributed by atoms with Crippen LogP contribution in [0.4, 0.5) is 24.7 Å². The third-order valence-corrected chi connectivity index (χ3v) is 4.51. The van der Waals surface area contributed by atoms with Crippen molar-refractivity contribution in [3.05, 3.63) is 84.7 Å². The van der Waals surface area contributed by atoms with Gasteiger partial charge < -0.3 is 10.1 Å². The van der Waals surface area contributed by atoms with Crippen molar-refractivity contribution in [1.82, 2.24) is 15.0 Å². The molecule has 0 unspecified atom stereocenters. The molecule has 0 atom stereocenters. The number of alkyl halides is 3. The van der Waals surface area contributed by atoms with E-state index >= 15 is 0 Å². The largest absolute Gasteiger partial charge is 0.497 e. The Morgan fingerprint density at radius 1 is 0.839 bits per heavy atom. The second kappa shape index (κ2) is 8.43. The van der Waals surface area contributed by atoms with Crippen molar-refractivity contribution in [3.8, 4) is 28.4 Å². The zero-order chi connectivity index (χ0) is 21.8. The Morgan fingerprint density at radius 2 is 1.58 bits per heavy atom. The zero-order valence-corrected chi connectivity index (χ0v) is 16.4. The third kappa shape index (κ3) is 4.80. The van der Waals surface area contributed by atoms with Crippen LogP contribution in [-0.2, 0) is 6.18 Å². The van der Waals surface area contributed by atoms with Crippen LogP contribution in [0.3, 0.4) is 0 Å². The average molecular weight is 422 g/mol. The fourth-order valence-electron chi connectivity index (χ4n) is 2.97. The Labute approximate surface area is 176 Å². The zero-order valence-electron chi connectivity index (χ0n) is 16.4. The number of nitrogens with one attached hydrogen (secondary N) is 1. The van der Waals surface area contributed by atoms with E-state index in [1.165, 1.54) is 6.07 Å². The van der Waals surface area contributed by atoms with Gasteiger partial charge in [-0.2, -0.15) is 13.2 Å². The number of anilines is 2. The number of halogens is 3. The van der Waals surface area contributed by atoms with E-state index in [-0.39, 0.29) is 0 Å². The first-order valence-electron chi connectivity index (χ1n) is 9.30. The number of hydrogen-bond donors (Lipinski definition) is 1. The molecule has 0 aliphatic heterocycles. The molecular formula is C23H17F3N4O. The van der Waals surface area contributed by atoms with E-state index < -0.39 is 11.7 Å². The molecule has 0 fully saturated rings. The summed E-state index contributed by atoms with van der Waals surface area (Å²) < 4.78 is 44.7. The van der Waals surface area contributed by atoms with Gasteiger partial charge in [-0.05, 0) is 48.5 Å². The molecule has 0 amide bonds. The smallest absolute Gasteiger partial charge is 0.416 e. The van der Waals surface area contributed by atoms with Crippen LogP contribution in [0.5, 0.6) is 5.75 Å². The van der Waals surface area contributed by atoms with Gasteiger partial charge in [0.2, 0.25) is 0 Å². The van der Waals surface area contributed by atoms with E-state index in [2.05, 4.69) is 20.3 Å². The molecule has 1 N–H and O–H groups in total. The Bertz CT molecular complexity index is 1180. The van der Waals surface area contributed by atoms with Gasteiger partial charge in [-0.25, -0.2) is 9.97 Å². The number of pyridine rings is 1. The van der Waals surface area contributed by atoms with Crippen LogP contribution in [-0.4, -0.2) is 22.1 Å². The lowest BCUT2D eigenvalue weighted by Crippen LogP contribution is -2.05. The van der Waals surface area contributed by atoms with Crippen molar-refractivity contribution in [2.45, 2.75) is 6.18 Å². The molecule has 2 aromatic heterocycles. The van der Waals surface area contributed by atoms with Gasteiger partial charge in [0.15, 0.2) is 5.82 Å². The summed E-state index contributed by atoms with van der Waals surface area (Å²) in [7, 11) is 1.58. The molecule has 8 heteroatoms. The average Bonchev–Trinajstić information content (AvgIpc) is 2.79. The Hall–Kier alpha value is -3.94. The van der Waals surface area contributed by atoms with Crippen LogP contribution >= 0.6 is 0 Å². The van der Waals surface area contributed by atoms with Crippen molar-refractivity contribution >= 4 is 11.5 Å². The first kappa shape index (κ1) is 20.3. The summed E-state index contributed by atoms with van der Waals surface area (Å²) in [6.45, 7) is 0. The molecule has 156 valence electrons. The molecule has 31 heavy (non-hydrogen) atoms. The molecule has 4 rings (SSSR count). The molecule has 2 heterocycles. The summed E-state index contributed by atoms with van der Waals surface area (Å²) in [5, 5.41) is 3.18. The number of aromatic nitrogens is 3. The molecule has 0 radical (unpaired) electrons. The number of hydrogen-bond acceptors (Lipinski definition) is 5. The van der Waals surface area contributed by atoms with Gasteiger partial charge in [0.05, 0.1) is 18.4 Å². The van der Waals surface area contributed by atoms with Crippen LogP contribution in [0.15, 0.2) is 79.1 Å². The van der Waals surface area contributed by atoms with E-state index in [0.29, 0.717) is 34.2 Å². The van der Waals surface area contributed by atoms with Gasteiger partial charge >= 0.3 is 6.18 Å². The fourth-order valence-corrected chi connectivity index (χ4v) is 2.97. The Morgan fingerprint density at radius 3 is 2.26 bits per heavy atom. The van der Waals surface area contributed by atoms with Crippen molar-refractivity contribution in [1.29, 1.82) is 0 Å². The van der Waals surface area contributed by atoms with E-state index in [9.17, 15) is 13.2 Å². The highest BCUT2D eigenvalue weighted by atomic mass is 19.4. The summed E-state index contributed by atoms with van der Waals surface area (Å²) in [5.74, 6) is 1.52. The molecular weight excluding hydrogens is 405 g/mol. The number of benzene rings is 2. The molecule has 0 spiro atoms. The summed E-state index contributed by atoms with van der Waals surface area (Å²) >= 11 is 0. The van der Waals surface area contributed by atoms with E-state index in [4.69, 9.17) is 4.74 Å². The molecule has 5 nitrogen and oxygen atoms in total. The first-order chi connectivity index (χ1) is 14.9. The first-order valence-corrected chi connectivity index (χ1v) is 9.30. The minimum atomic E-state index is -4.44. The molecule has 0 saturated carbocycles. The van der Waals surface area contributed by atoms with Crippen molar-refractivity contribution in [3.63, 3.8) is 0 Å². The van der Waals surface area contributed by atoms with Gasteiger partial charge in [-0.15, -0.1) is 0 Å². The van der Waals surface area contributed by atoms with Crippen LogP contribution < -0.4 is 10.1 Å². The highest BCUT2D eigenvalue weighted by molar-refractivity contribution is 5.70.